The Hall–Kier alpha value is -1.55. The van der Waals surface area contributed by atoms with E-state index in [1.807, 2.05) is 24.3 Å². The lowest BCUT2D eigenvalue weighted by molar-refractivity contribution is 0.251. The molecule has 1 aromatic rings. The molecule has 0 aliphatic heterocycles. The lowest BCUT2D eigenvalue weighted by Gasteiger charge is -2.13. The van der Waals surface area contributed by atoms with Crippen LogP contribution in [0.4, 0.5) is 10.5 Å². The molecule has 21 heavy (non-hydrogen) atoms. The Morgan fingerprint density at radius 2 is 1.95 bits per heavy atom. The van der Waals surface area contributed by atoms with Gasteiger partial charge in [-0.15, -0.1) is 0 Å². The lowest BCUT2D eigenvalue weighted by Crippen LogP contribution is -2.31. The molecule has 2 amide bonds. The fourth-order valence-electron chi connectivity index (χ4n) is 2.59. The van der Waals surface area contributed by atoms with Crippen molar-refractivity contribution in [3.8, 4) is 0 Å². The van der Waals surface area contributed by atoms with Crippen LogP contribution in [0.5, 0.6) is 0 Å². The van der Waals surface area contributed by atoms with Gasteiger partial charge in [0.25, 0.3) is 0 Å². The number of carbonyl (C=O) groups is 1. The zero-order valence-electron chi connectivity index (χ0n) is 13.5. The molecule has 2 unspecified atom stereocenters. The summed E-state index contributed by atoms with van der Waals surface area (Å²) in [6.45, 7) is 10.4. The molecule has 0 heterocycles. The highest BCUT2D eigenvalue weighted by Crippen LogP contribution is 2.50. The van der Waals surface area contributed by atoms with Gasteiger partial charge in [0.1, 0.15) is 0 Å². The minimum Gasteiger partial charge on any atom is -0.338 e. The van der Waals surface area contributed by atoms with Gasteiger partial charge < -0.3 is 16.0 Å². The first kappa shape index (κ1) is 15.8. The van der Waals surface area contributed by atoms with Crippen LogP contribution in [0.15, 0.2) is 24.3 Å². The van der Waals surface area contributed by atoms with Crippen molar-refractivity contribution in [1.82, 2.24) is 10.6 Å². The van der Waals surface area contributed by atoms with Crippen LogP contribution in [0.1, 0.15) is 45.7 Å². The zero-order chi connectivity index (χ0) is 15.5. The first-order chi connectivity index (χ1) is 9.92. The summed E-state index contributed by atoms with van der Waals surface area (Å²) in [5.74, 6) is 0.617. The van der Waals surface area contributed by atoms with Crippen molar-refractivity contribution in [3.05, 3.63) is 29.8 Å². The molecule has 4 heteroatoms. The van der Waals surface area contributed by atoms with E-state index in [4.69, 9.17) is 0 Å². The second-order valence-electron chi connectivity index (χ2n) is 6.63. The highest BCUT2D eigenvalue weighted by atomic mass is 16.2. The second-order valence-corrected chi connectivity index (χ2v) is 6.63. The molecule has 1 aromatic carbocycles. The molecule has 0 saturated heterocycles. The molecule has 2 atom stereocenters. The third-order valence-electron chi connectivity index (χ3n) is 4.41. The molecule has 1 saturated carbocycles. The van der Waals surface area contributed by atoms with Crippen LogP contribution in [-0.2, 0) is 0 Å². The van der Waals surface area contributed by atoms with Gasteiger partial charge in [0.05, 0.1) is 0 Å². The van der Waals surface area contributed by atoms with Gasteiger partial charge in [-0.05, 0) is 48.9 Å². The van der Waals surface area contributed by atoms with Gasteiger partial charge in [-0.2, -0.15) is 0 Å². The number of carbonyl (C=O) groups excluding carboxylic acids is 1. The quantitative estimate of drug-likeness (QED) is 0.750. The highest BCUT2D eigenvalue weighted by molar-refractivity contribution is 5.89. The molecule has 0 spiro atoms. The fraction of sp³-hybridized carbons (Fsp3) is 0.588. The van der Waals surface area contributed by atoms with Crippen LogP contribution in [0.2, 0.25) is 0 Å². The molecule has 1 fully saturated rings. The highest BCUT2D eigenvalue weighted by Gasteiger charge is 2.45. The van der Waals surface area contributed by atoms with E-state index in [1.165, 1.54) is 12.0 Å². The van der Waals surface area contributed by atoms with Crippen molar-refractivity contribution >= 4 is 11.7 Å². The number of urea groups is 1. The van der Waals surface area contributed by atoms with E-state index in [2.05, 4.69) is 43.6 Å². The molecule has 2 rings (SSSR count). The third kappa shape index (κ3) is 4.46. The van der Waals surface area contributed by atoms with Crippen molar-refractivity contribution in [2.24, 2.45) is 11.3 Å². The average Bonchev–Trinajstić information content (AvgIpc) is 3.05. The van der Waals surface area contributed by atoms with Gasteiger partial charge in [0, 0.05) is 18.3 Å². The van der Waals surface area contributed by atoms with Crippen molar-refractivity contribution < 1.29 is 4.79 Å². The standard InChI is InChI=1S/C17H27N3O/c1-5-18-12(2)13-6-8-15(9-7-13)20-16(21)19-11-14-10-17(14,3)4/h6-9,12,14,18H,5,10-11H2,1-4H3,(H2,19,20,21). The minimum absolute atomic E-state index is 0.120. The summed E-state index contributed by atoms with van der Waals surface area (Å²) in [6, 6.07) is 8.20. The van der Waals surface area contributed by atoms with Gasteiger partial charge >= 0.3 is 6.03 Å². The number of hydrogen-bond donors (Lipinski definition) is 3. The monoisotopic (exact) mass is 289 g/mol. The SMILES string of the molecule is CCNC(C)c1ccc(NC(=O)NCC2CC2(C)C)cc1. The molecule has 1 aliphatic rings. The first-order valence-electron chi connectivity index (χ1n) is 7.80. The second kappa shape index (κ2) is 6.48. The van der Waals surface area contributed by atoms with E-state index in [0.717, 1.165) is 18.8 Å². The van der Waals surface area contributed by atoms with Gasteiger partial charge in [-0.25, -0.2) is 4.79 Å². The van der Waals surface area contributed by atoms with Gasteiger partial charge in [-0.1, -0.05) is 32.9 Å². The number of hydrogen-bond acceptors (Lipinski definition) is 2. The largest absolute Gasteiger partial charge is 0.338 e. The summed E-state index contributed by atoms with van der Waals surface area (Å²) in [5.41, 5.74) is 2.45. The molecule has 4 nitrogen and oxygen atoms in total. The third-order valence-corrected chi connectivity index (χ3v) is 4.41. The Bertz CT molecular complexity index is 481. The van der Waals surface area contributed by atoms with E-state index >= 15 is 0 Å². The van der Waals surface area contributed by atoms with Crippen molar-refractivity contribution in [1.29, 1.82) is 0 Å². The van der Waals surface area contributed by atoms with E-state index in [1.54, 1.807) is 0 Å². The van der Waals surface area contributed by atoms with E-state index in [-0.39, 0.29) is 6.03 Å². The smallest absolute Gasteiger partial charge is 0.319 e. The minimum atomic E-state index is -0.120. The number of benzene rings is 1. The summed E-state index contributed by atoms with van der Waals surface area (Å²) >= 11 is 0. The fourth-order valence-corrected chi connectivity index (χ4v) is 2.59. The van der Waals surface area contributed by atoms with E-state index in [0.29, 0.717) is 17.4 Å². The predicted octanol–water partition coefficient (Wildman–Crippen LogP) is 3.52. The van der Waals surface area contributed by atoms with Crippen LogP contribution < -0.4 is 16.0 Å². The van der Waals surface area contributed by atoms with E-state index < -0.39 is 0 Å². The maximum atomic E-state index is 11.8. The number of nitrogens with one attached hydrogen (secondary N) is 3. The van der Waals surface area contributed by atoms with Crippen LogP contribution in [0.25, 0.3) is 0 Å². The van der Waals surface area contributed by atoms with Crippen LogP contribution in [0, 0.1) is 11.3 Å². The number of rotatable bonds is 6. The Morgan fingerprint density at radius 3 is 2.48 bits per heavy atom. The molecule has 3 N–H and O–H groups in total. The Kier molecular flexibility index (Phi) is 4.88. The van der Waals surface area contributed by atoms with Crippen molar-refractivity contribution in [3.63, 3.8) is 0 Å². The maximum Gasteiger partial charge on any atom is 0.319 e. The average molecular weight is 289 g/mol. The molecule has 116 valence electrons. The Labute approximate surface area is 127 Å². The van der Waals surface area contributed by atoms with Crippen LogP contribution >= 0.6 is 0 Å². The van der Waals surface area contributed by atoms with Gasteiger partial charge in [-0.3, -0.25) is 0 Å². The first-order valence-corrected chi connectivity index (χ1v) is 7.80. The predicted molar refractivity (Wildman–Crippen MR) is 87.4 cm³/mol. The molecule has 0 radical (unpaired) electrons. The molecular weight excluding hydrogens is 262 g/mol. The molecular formula is C17H27N3O. The molecule has 0 bridgehead atoms. The summed E-state index contributed by atoms with van der Waals surface area (Å²) in [4.78, 5) is 11.8. The summed E-state index contributed by atoms with van der Waals surface area (Å²) in [5, 5.41) is 9.19. The molecule has 0 aromatic heterocycles. The maximum absolute atomic E-state index is 11.8. The Balaban J connectivity index is 1.78. The summed E-state index contributed by atoms with van der Waals surface area (Å²) in [6.07, 6.45) is 1.20. The van der Waals surface area contributed by atoms with Crippen molar-refractivity contribution in [2.75, 3.05) is 18.4 Å². The summed E-state index contributed by atoms with van der Waals surface area (Å²) < 4.78 is 0. The van der Waals surface area contributed by atoms with Crippen molar-refractivity contribution in [2.45, 2.75) is 40.2 Å². The Morgan fingerprint density at radius 1 is 1.33 bits per heavy atom. The van der Waals surface area contributed by atoms with Crippen LogP contribution in [-0.4, -0.2) is 19.1 Å². The number of amides is 2. The van der Waals surface area contributed by atoms with E-state index in [9.17, 15) is 4.79 Å². The lowest BCUT2D eigenvalue weighted by atomic mass is 10.1. The normalized spacial score (nSPS) is 20.7. The van der Waals surface area contributed by atoms with Gasteiger partial charge in [0.15, 0.2) is 0 Å². The topological polar surface area (TPSA) is 53.2 Å². The number of anilines is 1. The van der Waals surface area contributed by atoms with Gasteiger partial charge in [0.2, 0.25) is 0 Å². The zero-order valence-corrected chi connectivity index (χ0v) is 13.5. The summed E-state index contributed by atoms with van der Waals surface area (Å²) in [7, 11) is 0. The van der Waals surface area contributed by atoms with Crippen LogP contribution in [0.3, 0.4) is 0 Å². The molecule has 1 aliphatic carbocycles.